The van der Waals surface area contributed by atoms with Crippen LogP contribution in [0.25, 0.3) is 0 Å². The standard InChI is InChI=1S/C16H24N2O4/c1-4-17-16(20)12(2)18-15(19)6-5-11-22-14-9-7-13(21-3)8-10-14/h7-10,12H,4-6,11H2,1-3H3,(H,17,20)(H,18,19)/t12-/m1/s1. The number of benzene rings is 1. The molecular formula is C16H24N2O4. The molecule has 0 saturated carbocycles. The lowest BCUT2D eigenvalue weighted by Crippen LogP contribution is -2.44. The highest BCUT2D eigenvalue weighted by molar-refractivity contribution is 5.87. The predicted molar refractivity (Wildman–Crippen MR) is 84.0 cm³/mol. The van der Waals surface area contributed by atoms with Gasteiger partial charge in [-0.1, -0.05) is 0 Å². The fourth-order valence-electron chi connectivity index (χ4n) is 1.80. The van der Waals surface area contributed by atoms with Gasteiger partial charge in [-0.05, 0) is 44.5 Å². The van der Waals surface area contributed by atoms with Gasteiger partial charge < -0.3 is 20.1 Å². The molecule has 2 amide bonds. The average molecular weight is 308 g/mol. The monoisotopic (exact) mass is 308 g/mol. The number of amides is 2. The van der Waals surface area contributed by atoms with Crippen LogP contribution in [0.5, 0.6) is 11.5 Å². The Morgan fingerprint density at radius 3 is 2.41 bits per heavy atom. The molecule has 0 saturated heterocycles. The second kappa shape index (κ2) is 9.65. The minimum absolute atomic E-state index is 0.155. The highest BCUT2D eigenvalue weighted by Gasteiger charge is 2.14. The summed E-state index contributed by atoms with van der Waals surface area (Å²) < 4.78 is 10.6. The lowest BCUT2D eigenvalue weighted by atomic mass is 10.2. The SMILES string of the molecule is CCNC(=O)[C@@H](C)NC(=O)CCCOc1ccc(OC)cc1. The van der Waals surface area contributed by atoms with Crippen molar-refractivity contribution < 1.29 is 19.1 Å². The van der Waals surface area contributed by atoms with Crippen molar-refractivity contribution >= 4 is 11.8 Å². The molecule has 0 aliphatic carbocycles. The molecule has 2 N–H and O–H groups in total. The summed E-state index contributed by atoms with van der Waals surface area (Å²) in [6.45, 7) is 4.49. The fraction of sp³-hybridized carbons (Fsp3) is 0.500. The second-order valence-corrected chi connectivity index (χ2v) is 4.81. The summed E-state index contributed by atoms with van der Waals surface area (Å²) in [6.07, 6.45) is 0.903. The van der Waals surface area contributed by atoms with Gasteiger partial charge in [0.15, 0.2) is 0 Å². The Hall–Kier alpha value is -2.24. The van der Waals surface area contributed by atoms with Crippen LogP contribution < -0.4 is 20.1 Å². The van der Waals surface area contributed by atoms with Gasteiger partial charge >= 0.3 is 0 Å². The molecule has 122 valence electrons. The minimum Gasteiger partial charge on any atom is -0.497 e. The smallest absolute Gasteiger partial charge is 0.242 e. The van der Waals surface area contributed by atoms with Crippen molar-refractivity contribution in [1.82, 2.24) is 10.6 Å². The van der Waals surface area contributed by atoms with Crippen molar-refractivity contribution in [2.24, 2.45) is 0 Å². The Morgan fingerprint density at radius 1 is 1.18 bits per heavy atom. The molecule has 1 rings (SSSR count). The molecule has 6 heteroatoms. The van der Waals surface area contributed by atoms with Gasteiger partial charge in [-0.25, -0.2) is 0 Å². The van der Waals surface area contributed by atoms with Crippen LogP contribution >= 0.6 is 0 Å². The van der Waals surface area contributed by atoms with Crippen molar-refractivity contribution in [2.75, 3.05) is 20.3 Å². The van der Waals surface area contributed by atoms with Crippen LogP contribution in [0, 0.1) is 0 Å². The van der Waals surface area contributed by atoms with E-state index in [4.69, 9.17) is 9.47 Å². The maximum Gasteiger partial charge on any atom is 0.242 e. The van der Waals surface area contributed by atoms with E-state index in [9.17, 15) is 9.59 Å². The van der Waals surface area contributed by atoms with Crippen LogP contribution in [0.4, 0.5) is 0 Å². The minimum atomic E-state index is -0.519. The Bertz CT molecular complexity index is 474. The van der Waals surface area contributed by atoms with Gasteiger partial charge in [0, 0.05) is 13.0 Å². The molecule has 0 unspecified atom stereocenters. The van der Waals surface area contributed by atoms with Gasteiger partial charge in [-0.3, -0.25) is 9.59 Å². The third-order valence-electron chi connectivity index (χ3n) is 3.00. The van der Waals surface area contributed by atoms with E-state index in [2.05, 4.69) is 10.6 Å². The second-order valence-electron chi connectivity index (χ2n) is 4.81. The van der Waals surface area contributed by atoms with Crippen molar-refractivity contribution in [2.45, 2.75) is 32.7 Å². The summed E-state index contributed by atoms with van der Waals surface area (Å²) in [5.74, 6) is 1.17. The van der Waals surface area contributed by atoms with Crippen molar-refractivity contribution in [1.29, 1.82) is 0 Å². The average Bonchev–Trinajstić information content (AvgIpc) is 2.52. The first kappa shape index (κ1) is 17.8. The predicted octanol–water partition coefficient (Wildman–Crippen LogP) is 1.49. The number of hydrogen-bond acceptors (Lipinski definition) is 4. The summed E-state index contributed by atoms with van der Waals surface area (Å²) in [5, 5.41) is 5.32. The number of likely N-dealkylation sites (N-methyl/N-ethyl adjacent to an activating group) is 1. The van der Waals surface area contributed by atoms with Crippen molar-refractivity contribution in [3.63, 3.8) is 0 Å². The number of carbonyl (C=O) groups excluding carboxylic acids is 2. The maximum absolute atomic E-state index is 11.7. The zero-order valence-corrected chi connectivity index (χ0v) is 13.3. The van der Waals surface area contributed by atoms with Crippen LogP contribution in [-0.4, -0.2) is 38.1 Å². The zero-order valence-electron chi connectivity index (χ0n) is 13.3. The highest BCUT2D eigenvalue weighted by atomic mass is 16.5. The first-order valence-corrected chi connectivity index (χ1v) is 7.40. The first-order valence-electron chi connectivity index (χ1n) is 7.40. The molecule has 0 spiro atoms. The topological polar surface area (TPSA) is 76.7 Å². The van der Waals surface area contributed by atoms with E-state index in [0.29, 0.717) is 26.0 Å². The Labute approximate surface area is 131 Å². The summed E-state index contributed by atoms with van der Waals surface area (Å²) in [5.41, 5.74) is 0. The van der Waals surface area contributed by atoms with Gasteiger partial charge in [0.2, 0.25) is 11.8 Å². The quantitative estimate of drug-likeness (QED) is 0.678. The molecule has 0 fully saturated rings. The number of hydrogen-bond donors (Lipinski definition) is 2. The highest BCUT2D eigenvalue weighted by Crippen LogP contribution is 2.17. The Balaban J connectivity index is 2.20. The van der Waals surface area contributed by atoms with Gasteiger partial charge in [-0.2, -0.15) is 0 Å². The maximum atomic E-state index is 11.7. The fourth-order valence-corrected chi connectivity index (χ4v) is 1.80. The molecule has 0 aliphatic rings. The summed E-state index contributed by atoms with van der Waals surface area (Å²) in [6, 6.07) is 6.74. The lowest BCUT2D eigenvalue weighted by Gasteiger charge is -2.13. The van der Waals surface area contributed by atoms with Gasteiger partial charge in [0.05, 0.1) is 13.7 Å². The van der Waals surface area contributed by atoms with Gasteiger partial charge in [-0.15, -0.1) is 0 Å². The van der Waals surface area contributed by atoms with Crippen LogP contribution in [0.2, 0.25) is 0 Å². The zero-order chi connectivity index (χ0) is 16.4. The molecule has 0 aliphatic heterocycles. The Morgan fingerprint density at radius 2 is 1.82 bits per heavy atom. The third kappa shape index (κ3) is 6.47. The molecule has 6 nitrogen and oxygen atoms in total. The normalized spacial score (nSPS) is 11.4. The molecular weight excluding hydrogens is 284 g/mol. The van der Waals surface area contributed by atoms with Gasteiger partial charge in [0.25, 0.3) is 0 Å². The number of methoxy groups -OCH3 is 1. The van der Waals surface area contributed by atoms with E-state index >= 15 is 0 Å². The molecule has 22 heavy (non-hydrogen) atoms. The van der Waals surface area contributed by atoms with Crippen molar-refractivity contribution in [3.05, 3.63) is 24.3 Å². The van der Waals surface area contributed by atoms with Crippen LogP contribution in [0.15, 0.2) is 24.3 Å². The van der Waals surface area contributed by atoms with Gasteiger partial charge in [0.1, 0.15) is 17.5 Å². The van der Waals surface area contributed by atoms with Crippen molar-refractivity contribution in [3.8, 4) is 11.5 Å². The largest absolute Gasteiger partial charge is 0.497 e. The molecule has 1 atom stereocenters. The number of nitrogens with one attached hydrogen (secondary N) is 2. The number of carbonyl (C=O) groups is 2. The lowest BCUT2D eigenvalue weighted by molar-refractivity contribution is -0.128. The van der Waals surface area contributed by atoms with E-state index in [0.717, 1.165) is 11.5 Å². The first-order chi connectivity index (χ1) is 10.6. The van der Waals surface area contributed by atoms with E-state index in [1.165, 1.54) is 0 Å². The Kier molecular flexibility index (Phi) is 7.81. The summed E-state index contributed by atoms with van der Waals surface area (Å²) in [7, 11) is 1.61. The van der Waals surface area contributed by atoms with Crippen LogP contribution in [0.1, 0.15) is 26.7 Å². The van der Waals surface area contributed by atoms with E-state index < -0.39 is 6.04 Å². The van der Waals surface area contributed by atoms with E-state index in [-0.39, 0.29) is 11.8 Å². The van der Waals surface area contributed by atoms with E-state index in [1.807, 2.05) is 31.2 Å². The van der Waals surface area contributed by atoms with E-state index in [1.54, 1.807) is 14.0 Å². The molecule has 1 aromatic carbocycles. The molecule has 0 radical (unpaired) electrons. The molecule has 0 heterocycles. The number of ether oxygens (including phenoxy) is 2. The summed E-state index contributed by atoms with van der Waals surface area (Å²) in [4.78, 5) is 23.2. The summed E-state index contributed by atoms with van der Waals surface area (Å²) >= 11 is 0. The molecule has 1 aromatic rings. The van der Waals surface area contributed by atoms with Crippen LogP contribution in [0.3, 0.4) is 0 Å². The molecule has 0 aromatic heterocycles. The van der Waals surface area contributed by atoms with Crippen LogP contribution in [-0.2, 0) is 9.59 Å². The molecule has 0 bridgehead atoms. The third-order valence-corrected chi connectivity index (χ3v) is 3.00. The number of rotatable bonds is 9.